The van der Waals surface area contributed by atoms with Crippen molar-refractivity contribution in [1.29, 1.82) is 0 Å². The zero-order chi connectivity index (χ0) is 14.2. The van der Waals surface area contributed by atoms with Gasteiger partial charge in [0, 0.05) is 19.1 Å². The van der Waals surface area contributed by atoms with Crippen LogP contribution in [0, 0.1) is 0 Å². The quantitative estimate of drug-likeness (QED) is 0.812. The van der Waals surface area contributed by atoms with E-state index in [1.807, 2.05) is 18.2 Å². The predicted octanol–water partition coefficient (Wildman–Crippen LogP) is 2.35. The van der Waals surface area contributed by atoms with E-state index in [2.05, 4.69) is 41.7 Å². The van der Waals surface area contributed by atoms with E-state index in [0.29, 0.717) is 12.6 Å². The molecular weight excluding hydrogens is 248 g/mol. The van der Waals surface area contributed by atoms with Gasteiger partial charge in [-0.1, -0.05) is 42.5 Å². The van der Waals surface area contributed by atoms with E-state index in [9.17, 15) is 0 Å². The standard InChI is InChI=1S/C17H22N2O/c1-20-17-9-7-15(8-10-17)13-19-16(12-18)11-14-5-3-2-4-6-14/h2-10,16,19H,11-13,18H2,1H3. The van der Waals surface area contributed by atoms with Gasteiger partial charge in [-0.25, -0.2) is 0 Å². The number of benzene rings is 2. The third-order valence-corrected chi connectivity index (χ3v) is 3.36. The van der Waals surface area contributed by atoms with Gasteiger partial charge in [-0.05, 0) is 29.7 Å². The first-order valence-corrected chi connectivity index (χ1v) is 6.92. The first-order valence-electron chi connectivity index (χ1n) is 6.92. The number of rotatable bonds is 7. The molecule has 0 saturated heterocycles. The van der Waals surface area contributed by atoms with E-state index in [1.54, 1.807) is 7.11 Å². The zero-order valence-corrected chi connectivity index (χ0v) is 11.9. The molecule has 1 atom stereocenters. The second kappa shape index (κ2) is 7.68. The van der Waals surface area contributed by atoms with E-state index in [0.717, 1.165) is 18.7 Å². The molecular formula is C17H22N2O. The minimum Gasteiger partial charge on any atom is -0.497 e. The lowest BCUT2D eigenvalue weighted by atomic mass is 10.1. The van der Waals surface area contributed by atoms with Crippen molar-refractivity contribution in [3.63, 3.8) is 0 Å². The Morgan fingerprint density at radius 2 is 1.70 bits per heavy atom. The van der Waals surface area contributed by atoms with Gasteiger partial charge in [0.1, 0.15) is 5.75 Å². The van der Waals surface area contributed by atoms with E-state index >= 15 is 0 Å². The van der Waals surface area contributed by atoms with Gasteiger partial charge in [0.05, 0.1) is 7.11 Å². The number of nitrogens with one attached hydrogen (secondary N) is 1. The van der Waals surface area contributed by atoms with Crippen LogP contribution in [0.5, 0.6) is 5.75 Å². The molecule has 0 bridgehead atoms. The Labute approximate surface area is 120 Å². The maximum absolute atomic E-state index is 5.85. The van der Waals surface area contributed by atoms with Gasteiger partial charge in [0.15, 0.2) is 0 Å². The fraction of sp³-hybridized carbons (Fsp3) is 0.294. The van der Waals surface area contributed by atoms with Crippen LogP contribution in [-0.2, 0) is 13.0 Å². The molecule has 0 aliphatic carbocycles. The summed E-state index contributed by atoms with van der Waals surface area (Å²) in [5.41, 5.74) is 8.39. The first kappa shape index (κ1) is 14.6. The van der Waals surface area contributed by atoms with Crippen LogP contribution in [0.3, 0.4) is 0 Å². The maximum atomic E-state index is 5.85. The molecule has 0 saturated carbocycles. The van der Waals surface area contributed by atoms with Crippen molar-refractivity contribution >= 4 is 0 Å². The fourth-order valence-electron chi connectivity index (χ4n) is 2.14. The van der Waals surface area contributed by atoms with Crippen molar-refractivity contribution in [2.75, 3.05) is 13.7 Å². The third-order valence-electron chi connectivity index (χ3n) is 3.36. The molecule has 0 radical (unpaired) electrons. The molecule has 2 aromatic rings. The summed E-state index contributed by atoms with van der Waals surface area (Å²) in [6.07, 6.45) is 0.952. The molecule has 2 aromatic carbocycles. The van der Waals surface area contributed by atoms with E-state index in [-0.39, 0.29) is 0 Å². The summed E-state index contributed by atoms with van der Waals surface area (Å²) < 4.78 is 5.15. The van der Waals surface area contributed by atoms with Crippen LogP contribution < -0.4 is 15.8 Å². The Bertz CT molecular complexity index is 496. The summed E-state index contributed by atoms with van der Waals surface area (Å²) in [7, 11) is 1.68. The van der Waals surface area contributed by atoms with Crippen molar-refractivity contribution in [3.8, 4) is 5.75 Å². The molecule has 3 N–H and O–H groups in total. The summed E-state index contributed by atoms with van der Waals surface area (Å²) in [5, 5.41) is 3.51. The van der Waals surface area contributed by atoms with Crippen LogP contribution in [0.25, 0.3) is 0 Å². The summed E-state index contributed by atoms with van der Waals surface area (Å²) in [6, 6.07) is 18.8. The molecule has 0 heterocycles. The average Bonchev–Trinajstić information content (AvgIpc) is 2.53. The maximum Gasteiger partial charge on any atom is 0.118 e. The van der Waals surface area contributed by atoms with Gasteiger partial charge in [0.25, 0.3) is 0 Å². The summed E-state index contributed by atoms with van der Waals surface area (Å²) in [5.74, 6) is 0.883. The van der Waals surface area contributed by atoms with Crippen molar-refractivity contribution < 1.29 is 4.74 Å². The average molecular weight is 270 g/mol. The second-order valence-corrected chi connectivity index (χ2v) is 4.85. The van der Waals surface area contributed by atoms with E-state index < -0.39 is 0 Å². The molecule has 3 nitrogen and oxygen atoms in total. The van der Waals surface area contributed by atoms with Gasteiger partial charge in [-0.3, -0.25) is 0 Å². The Hall–Kier alpha value is -1.84. The molecule has 20 heavy (non-hydrogen) atoms. The van der Waals surface area contributed by atoms with Crippen LogP contribution in [0.1, 0.15) is 11.1 Å². The molecule has 3 heteroatoms. The topological polar surface area (TPSA) is 47.3 Å². The number of hydrogen-bond donors (Lipinski definition) is 2. The highest BCUT2D eigenvalue weighted by Gasteiger charge is 2.07. The lowest BCUT2D eigenvalue weighted by Gasteiger charge is -2.17. The summed E-state index contributed by atoms with van der Waals surface area (Å²) in [6.45, 7) is 1.45. The second-order valence-electron chi connectivity index (χ2n) is 4.85. The number of methoxy groups -OCH3 is 1. The Balaban J connectivity index is 1.86. The predicted molar refractivity (Wildman–Crippen MR) is 82.8 cm³/mol. The highest BCUT2D eigenvalue weighted by atomic mass is 16.5. The zero-order valence-electron chi connectivity index (χ0n) is 11.9. The van der Waals surface area contributed by atoms with Gasteiger partial charge in [-0.2, -0.15) is 0 Å². The van der Waals surface area contributed by atoms with Gasteiger partial charge >= 0.3 is 0 Å². The molecule has 0 fully saturated rings. The van der Waals surface area contributed by atoms with Crippen molar-refractivity contribution in [3.05, 3.63) is 65.7 Å². The Morgan fingerprint density at radius 1 is 1.00 bits per heavy atom. The highest BCUT2D eigenvalue weighted by Crippen LogP contribution is 2.11. The van der Waals surface area contributed by atoms with Crippen LogP contribution in [0.4, 0.5) is 0 Å². The van der Waals surface area contributed by atoms with Crippen molar-refractivity contribution in [1.82, 2.24) is 5.32 Å². The Morgan fingerprint density at radius 3 is 2.30 bits per heavy atom. The minimum atomic E-state index is 0.291. The van der Waals surface area contributed by atoms with Crippen LogP contribution >= 0.6 is 0 Å². The molecule has 1 unspecified atom stereocenters. The summed E-state index contributed by atoms with van der Waals surface area (Å²) in [4.78, 5) is 0. The molecule has 0 amide bonds. The van der Waals surface area contributed by atoms with Gasteiger partial charge < -0.3 is 15.8 Å². The highest BCUT2D eigenvalue weighted by molar-refractivity contribution is 5.27. The minimum absolute atomic E-state index is 0.291. The normalized spacial score (nSPS) is 12.1. The fourth-order valence-corrected chi connectivity index (χ4v) is 2.14. The van der Waals surface area contributed by atoms with E-state index in [1.165, 1.54) is 11.1 Å². The molecule has 2 rings (SSSR count). The van der Waals surface area contributed by atoms with Gasteiger partial charge in [0.2, 0.25) is 0 Å². The summed E-state index contributed by atoms with van der Waals surface area (Å²) >= 11 is 0. The van der Waals surface area contributed by atoms with Gasteiger partial charge in [-0.15, -0.1) is 0 Å². The third kappa shape index (κ3) is 4.37. The largest absolute Gasteiger partial charge is 0.497 e. The lowest BCUT2D eigenvalue weighted by molar-refractivity contribution is 0.414. The lowest BCUT2D eigenvalue weighted by Crippen LogP contribution is -2.37. The Kier molecular flexibility index (Phi) is 5.59. The molecule has 0 aliphatic heterocycles. The smallest absolute Gasteiger partial charge is 0.118 e. The number of hydrogen-bond acceptors (Lipinski definition) is 3. The first-order chi connectivity index (χ1) is 9.81. The van der Waals surface area contributed by atoms with Crippen LogP contribution in [-0.4, -0.2) is 19.7 Å². The SMILES string of the molecule is COc1ccc(CNC(CN)Cc2ccccc2)cc1. The van der Waals surface area contributed by atoms with Crippen LogP contribution in [0.2, 0.25) is 0 Å². The van der Waals surface area contributed by atoms with Crippen molar-refractivity contribution in [2.45, 2.75) is 19.0 Å². The molecule has 0 aliphatic rings. The monoisotopic (exact) mass is 270 g/mol. The number of nitrogens with two attached hydrogens (primary N) is 1. The number of ether oxygens (including phenoxy) is 1. The van der Waals surface area contributed by atoms with Crippen LogP contribution in [0.15, 0.2) is 54.6 Å². The van der Waals surface area contributed by atoms with E-state index in [4.69, 9.17) is 10.5 Å². The molecule has 0 spiro atoms. The molecule has 106 valence electrons. The van der Waals surface area contributed by atoms with Crippen molar-refractivity contribution in [2.24, 2.45) is 5.73 Å². The molecule has 0 aromatic heterocycles.